The summed E-state index contributed by atoms with van der Waals surface area (Å²) in [5.41, 5.74) is 1.36. The van der Waals surface area contributed by atoms with Crippen LogP contribution in [0.4, 0.5) is 0 Å². The Balaban J connectivity index is 2.66. The van der Waals surface area contributed by atoms with Crippen LogP contribution in [-0.4, -0.2) is 12.6 Å². The molecule has 0 aromatic heterocycles. The third-order valence-corrected chi connectivity index (χ3v) is 3.62. The highest BCUT2D eigenvalue weighted by atomic mass is 16.5. The van der Waals surface area contributed by atoms with Crippen molar-refractivity contribution in [1.82, 2.24) is 5.32 Å². The summed E-state index contributed by atoms with van der Waals surface area (Å²) in [5, 5.41) is 3.69. The molecule has 0 saturated heterocycles. The molecule has 1 N–H and O–H groups in total. The maximum atomic E-state index is 5.82. The molecule has 0 radical (unpaired) electrons. The summed E-state index contributed by atoms with van der Waals surface area (Å²) >= 11 is 0. The van der Waals surface area contributed by atoms with Gasteiger partial charge in [0.15, 0.2) is 0 Å². The van der Waals surface area contributed by atoms with Gasteiger partial charge in [0.1, 0.15) is 5.75 Å². The zero-order valence-corrected chi connectivity index (χ0v) is 14.3. The van der Waals surface area contributed by atoms with Crippen LogP contribution in [0.3, 0.4) is 0 Å². The van der Waals surface area contributed by atoms with E-state index in [1.54, 1.807) is 0 Å². The van der Waals surface area contributed by atoms with Crippen molar-refractivity contribution in [3.05, 3.63) is 29.8 Å². The summed E-state index contributed by atoms with van der Waals surface area (Å²) in [5.74, 6) is 0.986. The van der Waals surface area contributed by atoms with Crippen molar-refractivity contribution in [2.75, 3.05) is 6.54 Å². The van der Waals surface area contributed by atoms with Gasteiger partial charge in [0.25, 0.3) is 0 Å². The van der Waals surface area contributed by atoms with E-state index in [0.717, 1.165) is 12.3 Å². The van der Waals surface area contributed by atoms with Crippen molar-refractivity contribution in [2.24, 2.45) is 0 Å². The average molecular weight is 291 g/mol. The Morgan fingerprint density at radius 2 is 1.86 bits per heavy atom. The third kappa shape index (κ3) is 7.52. The van der Waals surface area contributed by atoms with Crippen molar-refractivity contribution < 1.29 is 4.74 Å². The molecule has 1 rings (SSSR count). The number of unbranched alkanes of at least 4 members (excludes halogenated alkanes) is 3. The van der Waals surface area contributed by atoms with Gasteiger partial charge in [-0.3, -0.25) is 0 Å². The molecule has 0 spiro atoms. The molecule has 1 atom stereocenters. The van der Waals surface area contributed by atoms with Gasteiger partial charge in [0.05, 0.1) is 6.10 Å². The number of ether oxygens (including phenoxy) is 1. The second-order valence-electron chi connectivity index (χ2n) is 6.10. The first kappa shape index (κ1) is 18.0. The molecule has 0 saturated carbocycles. The highest BCUT2D eigenvalue weighted by Gasteiger charge is 2.11. The highest BCUT2D eigenvalue weighted by molar-refractivity contribution is 5.30. The van der Waals surface area contributed by atoms with Gasteiger partial charge >= 0.3 is 0 Å². The van der Waals surface area contributed by atoms with Gasteiger partial charge in [0.2, 0.25) is 0 Å². The Kier molecular flexibility index (Phi) is 9.16. The van der Waals surface area contributed by atoms with E-state index in [4.69, 9.17) is 4.74 Å². The van der Waals surface area contributed by atoms with Crippen molar-refractivity contribution in [1.29, 1.82) is 0 Å². The molecule has 0 aliphatic heterocycles. The SMILES string of the molecule is CCCCCCC(NCCC)c1cccc(OC(C)C)c1. The minimum Gasteiger partial charge on any atom is -0.491 e. The lowest BCUT2D eigenvalue weighted by molar-refractivity contribution is 0.242. The molecule has 0 bridgehead atoms. The fourth-order valence-electron chi connectivity index (χ4n) is 2.56. The van der Waals surface area contributed by atoms with Crippen molar-refractivity contribution >= 4 is 0 Å². The number of hydrogen-bond acceptors (Lipinski definition) is 2. The zero-order valence-electron chi connectivity index (χ0n) is 14.3. The number of hydrogen-bond donors (Lipinski definition) is 1. The number of benzene rings is 1. The first-order valence-electron chi connectivity index (χ1n) is 8.67. The van der Waals surface area contributed by atoms with E-state index in [1.807, 2.05) is 0 Å². The van der Waals surface area contributed by atoms with Gasteiger partial charge in [-0.2, -0.15) is 0 Å². The van der Waals surface area contributed by atoms with Crippen LogP contribution in [-0.2, 0) is 0 Å². The minimum atomic E-state index is 0.229. The number of nitrogens with one attached hydrogen (secondary N) is 1. The molecule has 1 aromatic rings. The van der Waals surface area contributed by atoms with Crippen LogP contribution in [0.2, 0.25) is 0 Å². The lowest BCUT2D eigenvalue weighted by Gasteiger charge is -2.20. The topological polar surface area (TPSA) is 21.3 Å². The molecule has 2 heteroatoms. The molecule has 21 heavy (non-hydrogen) atoms. The van der Waals surface area contributed by atoms with Crippen molar-refractivity contribution in [3.8, 4) is 5.75 Å². The van der Waals surface area contributed by atoms with E-state index < -0.39 is 0 Å². The predicted molar refractivity (Wildman–Crippen MR) is 92.0 cm³/mol. The molecular formula is C19H33NO. The van der Waals surface area contributed by atoms with Gasteiger partial charge in [0, 0.05) is 6.04 Å². The lowest BCUT2D eigenvalue weighted by atomic mass is 9.99. The molecule has 1 unspecified atom stereocenters. The largest absolute Gasteiger partial charge is 0.491 e. The normalized spacial score (nSPS) is 12.6. The van der Waals surface area contributed by atoms with Gasteiger partial charge in [-0.15, -0.1) is 0 Å². The summed E-state index contributed by atoms with van der Waals surface area (Å²) in [7, 11) is 0. The first-order chi connectivity index (χ1) is 10.2. The Bertz CT molecular complexity index is 376. The molecule has 120 valence electrons. The van der Waals surface area contributed by atoms with Crippen LogP contribution in [0, 0.1) is 0 Å². The summed E-state index contributed by atoms with van der Waals surface area (Å²) in [6.45, 7) is 9.71. The monoisotopic (exact) mass is 291 g/mol. The smallest absolute Gasteiger partial charge is 0.120 e. The summed E-state index contributed by atoms with van der Waals surface area (Å²) in [4.78, 5) is 0. The standard InChI is InChI=1S/C19H33NO/c1-5-7-8-9-13-19(20-14-6-2)17-11-10-12-18(15-17)21-16(3)4/h10-12,15-16,19-20H,5-9,13-14H2,1-4H3. The van der Waals surface area contributed by atoms with Crippen LogP contribution in [0.5, 0.6) is 5.75 Å². The molecular weight excluding hydrogens is 258 g/mol. The predicted octanol–water partition coefficient (Wildman–Crippen LogP) is 5.48. The average Bonchev–Trinajstić information content (AvgIpc) is 2.46. The maximum absolute atomic E-state index is 5.82. The highest BCUT2D eigenvalue weighted by Crippen LogP contribution is 2.24. The van der Waals surface area contributed by atoms with E-state index in [2.05, 4.69) is 57.3 Å². The molecule has 0 fully saturated rings. The van der Waals surface area contributed by atoms with E-state index in [0.29, 0.717) is 6.04 Å². The molecule has 0 aliphatic carbocycles. The maximum Gasteiger partial charge on any atom is 0.120 e. The lowest BCUT2D eigenvalue weighted by Crippen LogP contribution is -2.22. The molecule has 2 nitrogen and oxygen atoms in total. The van der Waals surface area contributed by atoms with Gasteiger partial charge in [-0.25, -0.2) is 0 Å². The van der Waals surface area contributed by atoms with Crippen LogP contribution in [0.25, 0.3) is 0 Å². The van der Waals surface area contributed by atoms with Gasteiger partial charge < -0.3 is 10.1 Å². The fraction of sp³-hybridized carbons (Fsp3) is 0.684. The molecule has 0 amide bonds. The van der Waals surface area contributed by atoms with E-state index >= 15 is 0 Å². The first-order valence-corrected chi connectivity index (χ1v) is 8.67. The summed E-state index contributed by atoms with van der Waals surface area (Å²) < 4.78 is 5.82. The summed E-state index contributed by atoms with van der Waals surface area (Å²) in [6.07, 6.45) is 7.89. The molecule has 0 aliphatic rings. The Morgan fingerprint density at radius 3 is 2.52 bits per heavy atom. The molecule has 0 heterocycles. The van der Waals surface area contributed by atoms with Crippen LogP contribution in [0.1, 0.15) is 77.8 Å². The quantitative estimate of drug-likeness (QED) is 0.545. The molecule has 1 aromatic carbocycles. The van der Waals surface area contributed by atoms with Crippen LogP contribution >= 0.6 is 0 Å². The fourth-order valence-corrected chi connectivity index (χ4v) is 2.56. The Labute approximate surface area is 131 Å². The van der Waals surface area contributed by atoms with E-state index in [-0.39, 0.29) is 6.10 Å². The van der Waals surface area contributed by atoms with Gasteiger partial charge in [-0.05, 0) is 50.9 Å². The number of rotatable bonds is 11. The summed E-state index contributed by atoms with van der Waals surface area (Å²) in [6, 6.07) is 9.04. The van der Waals surface area contributed by atoms with Gasteiger partial charge in [-0.1, -0.05) is 51.7 Å². The third-order valence-electron chi connectivity index (χ3n) is 3.62. The minimum absolute atomic E-state index is 0.229. The Morgan fingerprint density at radius 1 is 1.05 bits per heavy atom. The van der Waals surface area contributed by atoms with E-state index in [1.165, 1.54) is 44.1 Å². The van der Waals surface area contributed by atoms with Crippen LogP contribution in [0.15, 0.2) is 24.3 Å². The second-order valence-corrected chi connectivity index (χ2v) is 6.10. The van der Waals surface area contributed by atoms with Crippen molar-refractivity contribution in [2.45, 2.75) is 78.4 Å². The van der Waals surface area contributed by atoms with Crippen molar-refractivity contribution in [3.63, 3.8) is 0 Å². The van der Waals surface area contributed by atoms with E-state index in [9.17, 15) is 0 Å². The zero-order chi connectivity index (χ0) is 15.5. The van der Waals surface area contributed by atoms with Crippen LogP contribution < -0.4 is 10.1 Å². The Hall–Kier alpha value is -1.02. The second kappa shape index (κ2) is 10.7.